The van der Waals surface area contributed by atoms with Gasteiger partial charge in [-0.15, -0.1) is 0 Å². The van der Waals surface area contributed by atoms with Crippen molar-refractivity contribution in [3.05, 3.63) is 68.0 Å². The molecule has 110 valence electrons. The number of nitrogens with zero attached hydrogens (tertiary/aromatic N) is 1. The van der Waals surface area contributed by atoms with E-state index in [9.17, 15) is 14.5 Å². The van der Waals surface area contributed by atoms with E-state index in [1.54, 1.807) is 13.0 Å². The first-order valence-corrected chi connectivity index (χ1v) is 6.69. The zero-order valence-corrected chi connectivity index (χ0v) is 12.4. The minimum atomic E-state index is -0.518. The van der Waals surface area contributed by atoms with Gasteiger partial charge in [-0.2, -0.15) is 0 Å². The minimum absolute atomic E-state index is 0.0732. The molecular formula is C15H14ClFN2O2. The average molecular weight is 309 g/mol. The van der Waals surface area contributed by atoms with Gasteiger partial charge in [-0.3, -0.25) is 10.1 Å². The number of hydrogen-bond acceptors (Lipinski definition) is 3. The summed E-state index contributed by atoms with van der Waals surface area (Å²) in [4.78, 5) is 10.3. The van der Waals surface area contributed by atoms with E-state index >= 15 is 0 Å². The maximum Gasteiger partial charge on any atom is 0.288 e. The first-order chi connectivity index (χ1) is 9.88. The number of benzene rings is 2. The molecule has 0 bridgehead atoms. The van der Waals surface area contributed by atoms with Gasteiger partial charge in [0.25, 0.3) is 5.69 Å². The van der Waals surface area contributed by atoms with Crippen molar-refractivity contribution in [1.82, 2.24) is 0 Å². The third-order valence-electron chi connectivity index (χ3n) is 3.27. The van der Waals surface area contributed by atoms with Gasteiger partial charge in [0.1, 0.15) is 10.8 Å². The summed E-state index contributed by atoms with van der Waals surface area (Å²) < 4.78 is 13.2. The monoisotopic (exact) mass is 308 g/mol. The summed E-state index contributed by atoms with van der Waals surface area (Å²) in [5.41, 5.74) is 3.06. The molecule has 0 aliphatic carbocycles. The van der Waals surface area contributed by atoms with Gasteiger partial charge in [0.2, 0.25) is 0 Å². The number of aryl methyl sites for hydroxylation is 2. The highest BCUT2D eigenvalue weighted by molar-refractivity contribution is 6.33. The second-order valence-electron chi connectivity index (χ2n) is 4.80. The quantitative estimate of drug-likeness (QED) is 0.662. The number of nitro groups is 1. The SMILES string of the molecule is Cc1ccc(F)cc1CNc1cc(Cl)c([N+](=O)[O-])cc1C. The van der Waals surface area contributed by atoms with Gasteiger partial charge in [-0.1, -0.05) is 17.7 Å². The van der Waals surface area contributed by atoms with Crippen LogP contribution >= 0.6 is 11.6 Å². The summed E-state index contributed by atoms with van der Waals surface area (Å²) in [6.45, 7) is 4.06. The highest BCUT2D eigenvalue weighted by Crippen LogP contribution is 2.30. The molecule has 0 aliphatic rings. The number of hydrogen-bond donors (Lipinski definition) is 1. The maximum atomic E-state index is 13.2. The molecule has 6 heteroatoms. The molecule has 2 aromatic rings. The van der Waals surface area contributed by atoms with Crippen molar-refractivity contribution in [2.45, 2.75) is 20.4 Å². The lowest BCUT2D eigenvalue weighted by molar-refractivity contribution is -0.384. The highest BCUT2D eigenvalue weighted by Gasteiger charge is 2.15. The summed E-state index contributed by atoms with van der Waals surface area (Å²) in [5, 5.41) is 14.0. The topological polar surface area (TPSA) is 55.2 Å². The Bertz CT molecular complexity index is 704. The van der Waals surface area contributed by atoms with Gasteiger partial charge in [-0.05, 0) is 48.7 Å². The van der Waals surface area contributed by atoms with Crippen molar-refractivity contribution in [2.24, 2.45) is 0 Å². The number of halogens is 2. The van der Waals surface area contributed by atoms with Gasteiger partial charge >= 0.3 is 0 Å². The average Bonchev–Trinajstić information content (AvgIpc) is 2.42. The van der Waals surface area contributed by atoms with E-state index in [1.807, 2.05) is 6.92 Å². The predicted octanol–water partition coefficient (Wildman–Crippen LogP) is 4.62. The van der Waals surface area contributed by atoms with Crippen LogP contribution in [0.25, 0.3) is 0 Å². The fourth-order valence-electron chi connectivity index (χ4n) is 2.02. The Morgan fingerprint density at radius 1 is 1.24 bits per heavy atom. The molecule has 0 saturated heterocycles. The standard InChI is InChI=1S/C15H14ClFN2O2/c1-9-3-4-12(17)6-11(9)8-18-14-7-13(16)15(19(20)21)5-10(14)2/h3-7,18H,8H2,1-2H3. The van der Waals surface area contributed by atoms with Crippen molar-refractivity contribution in [2.75, 3.05) is 5.32 Å². The molecule has 0 amide bonds. The van der Waals surface area contributed by atoms with E-state index in [-0.39, 0.29) is 16.5 Å². The lowest BCUT2D eigenvalue weighted by Gasteiger charge is -2.12. The molecule has 4 nitrogen and oxygen atoms in total. The fourth-order valence-corrected chi connectivity index (χ4v) is 2.25. The van der Waals surface area contributed by atoms with Gasteiger partial charge in [0.15, 0.2) is 0 Å². The van der Waals surface area contributed by atoms with Crippen LogP contribution in [0, 0.1) is 29.8 Å². The Balaban J connectivity index is 2.22. The molecule has 0 aromatic heterocycles. The lowest BCUT2D eigenvalue weighted by atomic mass is 10.1. The number of rotatable bonds is 4. The van der Waals surface area contributed by atoms with E-state index in [2.05, 4.69) is 5.32 Å². The van der Waals surface area contributed by atoms with Crippen molar-refractivity contribution in [3.63, 3.8) is 0 Å². The van der Waals surface area contributed by atoms with E-state index in [1.165, 1.54) is 24.3 Å². The zero-order valence-electron chi connectivity index (χ0n) is 11.6. The van der Waals surface area contributed by atoms with Gasteiger partial charge in [0, 0.05) is 18.3 Å². The lowest BCUT2D eigenvalue weighted by Crippen LogP contribution is -2.04. The third kappa shape index (κ3) is 3.49. The number of nitro benzene ring substituents is 1. The smallest absolute Gasteiger partial charge is 0.288 e. The van der Waals surface area contributed by atoms with Crippen LogP contribution in [-0.2, 0) is 6.54 Å². The summed E-state index contributed by atoms with van der Waals surface area (Å²) >= 11 is 5.89. The molecule has 0 aliphatic heterocycles. The third-order valence-corrected chi connectivity index (χ3v) is 3.57. The van der Waals surface area contributed by atoms with E-state index in [0.717, 1.165) is 11.1 Å². The molecule has 21 heavy (non-hydrogen) atoms. The molecule has 0 unspecified atom stereocenters. The van der Waals surface area contributed by atoms with Gasteiger partial charge in [-0.25, -0.2) is 4.39 Å². The Morgan fingerprint density at radius 2 is 1.95 bits per heavy atom. The first-order valence-electron chi connectivity index (χ1n) is 6.32. The van der Waals surface area contributed by atoms with Crippen molar-refractivity contribution < 1.29 is 9.31 Å². The Kier molecular flexibility index (Phi) is 4.43. The summed E-state index contributed by atoms with van der Waals surface area (Å²) in [7, 11) is 0. The predicted molar refractivity (Wildman–Crippen MR) is 81.3 cm³/mol. The second-order valence-corrected chi connectivity index (χ2v) is 5.21. The zero-order chi connectivity index (χ0) is 15.6. The molecular weight excluding hydrogens is 295 g/mol. The van der Waals surface area contributed by atoms with Crippen LogP contribution in [0.5, 0.6) is 0 Å². The summed E-state index contributed by atoms with van der Waals surface area (Å²) in [6.07, 6.45) is 0. The highest BCUT2D eigenvalue weighted by atomic mass is 35.5. The molecule has 0 spiro atoms. The molecule has 0 saturated carbocycles. The Labute approximate surface area is 126 Å². The summed E-state index contributed by atoms with van der Waals surface area (Å²) in [6, 6.07) is 7.52. The van der Waals surface area contributed by atoms with Crippen LogP contribution < -0.4 is 5.32 Å². The number of nitrogens with one attached hydrogen (secondary N) is 1. The molecule has 0 heterocycles. The van der Waals surface area contributed by atoms with Crippen LogP contribution in [0.1, 0.15) is 16.7 Å². The van der Waals surface area contributed by atoms with Crippen LogP contribution in [0.3, 0.4) is 0 Å². The van der Waals surface area contributed by atoms with E-state index in [0.29, 0.717) is 17.8 Å². The van der Waals surface area contributed by atoms with Crippen LogP contribution in [0.2, 0.25) is 5.02 Å². The minimum Gasteiger partial charge on any atom is -0.381 e. The molecule has 0 radical (unpaired) electrons. The van der Waals surface area contributed by atoms with Crippen molar-refractivity contribution in [1.29, 1.82) is 0 Å². The summed E-state index contributed by atoms with van der Waals surface area (Å²) in [5.74, 6) is -0.296. The molecule has 0 fully saturated rings. The molecule has 2 aromatic carbocycles. The van der Waals surface area contributed by atoms with Crippen LogP contribution in [0.4, 0.5) is 15.8 Å². The van der Waals surface area contributed by atoms with E-state index < -0.39 is 4.92 Å². The van der Waals surface area contributed by atoms with Gasteiger partial charge in [0.05, 0.1) is 4.92 Å². The Morgan fingerprint density at radius 3 is 2.62 bits per heavy atom. The van der Waals surface area contributed by atoms with Crippen LogP contribution in [-0.4, -0.2) is 4.92 Å². The largest absolute Gasteiger partial charge is 0.381 e. The Hall–Kier alpha value is -2.14. The van der Waals surface area contributed by atoms with Gasteiger partial charge < -0.3 is 5.32 Å². The van der Waals surface area contributed by atoms with E-state index in [4.69, 9.17) is 11.6 Å². The first kappa shape index (κ1) is 15.3. The normalized spacial score (nSPS) is 10.5. The maximum absolute atomic E-state index is 13.2. The molecule has 2 rings (SSSR count). The molecule has 1 N–H and O–H groups in total. The second kappa shape index (κ2) is 6.10. The van der Waals surface area contributed by atoms with Crippen molar-refractivity contribution in [3.8, 4) is 0 Å². The fraction of sp³-hybridized carbons (Fsp3) is 0.200. The molecule has 0 atom stereocenters. The van der Waals surface area contributed by atoms with Crippen LogP contribution in [0.15, 0.2) is 30.3 Å². The number of anilines is 1. The van der Waals surface area contributed by atoms with Crippen molar-refractivity contribution >= 4 is 23.0 Å².